The molecular weight excluding hydrogens is 171 g/mol. The minimum atomic E-state index is -0.597. The van der Waals surface area contributed by atoms with E-state index in [1.54, 1.807) is 7.85 Å². The Morgan fingerprint density at radius 3 is 2.69 bits per heavy atom. The Kier molecular flexibility index (Phi) is 2.74. The van der Waals surface area contributed by atoms with E-state index >= 15 is 0 Å². The summed E-state index contributed by atoms with van der Waals surface area (Å²) in [6.45, 7) is 0. The van der Waals surface area contributed by atoms with Gasteiger partial charge in [-0.3, -0.25) is 4.79 Å². The Hall–Kier alpha value is -1.72. The number of aromatic nitrogens is 1. The third-order valence-electron chi connectivity index (χ3n) is 1.58. The number of nitro groups is 1. The lowest BCUT2D eigenvalue weighted by molar-refractivity contribution is -0.389. The average Bonchev–Trinajstić information content (AvgIpc) is 2.17. The van der Waals surface area contributed by atoms with E-state index in [4.69, 9.17) is 0 Å². The summed E-state index contributed by atoms with van der Waals surface area (Å²) >= 11 is 0. The molecule has 66 valence electrons. The molecule has 6 heteroatoms. The Balaban J connectivity index is 2.93. The fraction of sp³-hybridized carbons (Fsp3) is 0.143. The van der Waals surface area contributed by atoms with Gasteiger partial charge in [0.25, 0.3) is 0 Å². The van der Waals surface area contributed by atoms with Gasteiger partial charge in [-0.25, -0.2) is 0 Å². The van der Waals surface area contributed by atoms with Crippen LogP contribution in [0.5, 0.6) is 0 Å². The summed E-state index contributed by atoms with van der Waals surface area (Å²) in [5.41, 5.74) is 0.410. The summed E-state index contributed by atoms with van der Waals surface area (Å²) in [6, 6.07) is 2.64. The monoisotopic (exact) mass is 178 g/mol. The molecule has 1 rings (SSSR count). The van der Waals surface area contributed by atoms with Gasteiger partial charge in [0.15, 0.2) is 12.0 Å². The van der Waals surface area contributed by atoms with Gasteiger partial charge in [0.1, 0.15) is 7.85 Å². The van der Waals surface area contributed by atoms with Crippen molar-refractivity contribution in [3.05, 3.63) is 34.0 Å². The normalized spacial score (nSPS) is 9.54. The van der Waals surface area contributed by atoms with Crippen molar-refractivity contribution in [1.29, 1.82) is 0 Å². The molecule has 0 atom stereocenters. The SMILES string of the molecule is BCC(=O)c1ccc([N+](=O)[O-])nc1. The third kappa shape index (κ3) is 2.11. The largest absolute Gasteiger partial charge is 0.363 e. The highest BCUT2D eigenvalue weighted by molar-refractivity contribution is 6.23. The topological polar surface area (TPSA) is 73.1 Å². The number of hydrogen-bond donors (Lipinski definition) is 0. The molecule has 0 aliphatic heterocycles. The molecule has 0 aliphatic carbocycles. The first-order valence-electron chi connectivity index (χ1n) is 3.78. The van der Waals surface area contributed by atoms with Crippen LogP contribution in [0, 0.1) is 10.1 Å². The summed E-state index contributed by atoms with van der Waals surface area (Å²) in [5, 5.41) is 10.2. The van der Waals surface area contributed by atoms with Crippen LogP contribution in [-0.4, -0.2) is 23.5 Å². The zero-order valence-corrected chi connectivity index (χ0v) is 7.06. The lowest BCUT2D eigenvalue weighted by Crippen LogP contribution is -1.99. The van der Waals surface area contributed by atoms with Crippen molar-refractivity contribution < 1.29 is 9.72 Å². The number of carbonyl (C=O) groups excluding carboxylic acids is 1. The number of rotatable bonds is 3. The van der Waals surface area contributed by atoms with E-state index in [0.29, 0.717) is 11.9 Å². The van der Waals surface area contributed by atoms with Crippen LogP contribution < -0.4 is 0 Å². The molecule has 1 aromatic heterocycles. The first-order valence-corrected chi connectivity index (χ1v) is 3.78. The fourth-order valence-corrected chi connectivity index (χ4v) is 0.863. The molecule has 0 radical (unpaired) electrons. The zero-order chi connectivity index (χ0) is 9.84. The highest BCUT2D eigenvalue weighted by Crippen LogP contribution is 2.08. The van der Waals surface area contributed by atoms with Crippen molar-refractivity contribution in [3.8, 4) is 0 Å². The summed E-state index contributed by atoms with van der Waals surface area (Å²) in [7, 11) is 1.73. The van der Waals surface area contributed by atoms with E-state index < -0.39 is 4.92 Å². The maximum absolute atomic E-state index is 11.1. The van der Waals surface area contributed by atoms with Crippen LogP contribution in [0.25, 0.3) is 0 Å². The molecule has 0 aliphatic rings. The van der Waals surface area contributed by atoms with E-state index in [0.717, 1.165) is 0 Å². The van der Waals surface area contributed by atoms with Crippen molar-refractivity contribution in [2.24, 2.45) is 0 Å². The fourth-order valence-electron chi connectivity index (χ4n) is 0.863. The molecule has 0 amide bonds. The first kappa shape index (κ1) is 9.37. The van der Waals surface area contributed by atoms with Crippen LogP contribution in [0.3, 0.4) is 0 Å². The molecule has 0 unspecified atom stereocenters. The summed E-state index contributed by atoms with van der Waals surface area (Å²) in [6.07, 6.45) is 1.60. The smallest absolute Gasteiger partial charge is 0.358 e. The Labute approximate surface area is 75.3 Å². The maximum Gasteiger partial charge on any atom is 0.363 e. The van der Waals surface area contributed by atoms with Crippen LogP contribution in [0.2, 0.25) is 6.32 Å². The third-order valence-corrected chi connectivity index (χ3v) is 1.58. The van der Waals surface area contributed by atoms with Crippen molar-refractivity contribution in [2.75, 3.05) is 0 Å². The van der Waals surface area contributed by atoms with Gasteiger partial charge in [0, 0.05) is 6.07 Å². The molecule has 1 aromatic rings. The van der Waals surface area contributed by atoms with Crippen LogP contribution >= 0.6 is 0 Å². The minimum absolute atomic E-state index is 0.0672. The first-order chi connectivity index (χ1) is 6.15. The van der Waals surface area contributed by atoms with E-state index in [1.807, 2.05) is 0 Å². The number of carbonyl (C=O) groups is 1. The Morgan fingerprint density at radius 2 is 2.31 bits per heavy atom. The van der Waals surface area contributed by atoms with Gasteiger partial charge < -0.3 is 10.1 Å². The summed E-state index contributed by atoms with van der Waals surface area (Å²) in [5.74, 6) is -0.310. The van der Waals surface area contributed by atoms with Gasteiger partial charge in [0.2, 0.25) is 0 Å². The number of Topliss-reactive ketones (excluding diaryl/α,β-unsaturated/α-hetero) is 1. The second-order valence-electron chi connectivity index (χ2n) is 2.44. The van der Waals surface area contributed by atoms with Gasteiger partial charge in [-0.1, -0.05) is 0 Å². The van der Waals surface area contributed by atoms with Crippen LogP contribution in [-0.2, 0) is 0 Å². The Morgan fingerprint density at radius 1 is 1.62 bits per heavy atom. The highest BCUT2D eigenvalue weighted by Gasteiger charge is 2.09. The lowest BCUT2D eigenvalue weighted by Gasteiger charge is -1.94. The standard InChI is InChI=1S/C7H7BN2O3/c8-3-6(11)5-1-2-7(9-4-5)10(12)13/h1-2,4H,3,8H2. The Bertz CT molecular complexity index is 336. The van der Waals surface area contributed by atoms with Gasteiger partial charge in [-0.15, -0.1) is 0 Å². The highest BCUT2D eigenvalue weighted by atomic mass is 16.6. The van der Waals surface area contributed by atoms with E-state index in [-0.39, 0.29) is 11.6 Å². The number of ketones is 1. The van der Waals surface area contributed by atoms with Crippen molar-refractivity contribution >= 4 is 19.4 Å². The predicted octanol–water partition coefficient (Wildman–Crippen LogP) is 0.224. The number of pyridine rings is 1. The van der Waals surface area contributed by atoms with Gasteiger partial charge in [-0.05, 0) is 22.3 Å². The van der Waals surface area contributed by atoms with Crippen LogP contribution in [0.15, 0.2) is 18.3 Å². The molecule has 5 nitrogen and oxygen atoms in total. The van der Waals surface area contributed by atoms with Crippen molar-refractivity contribution in [2.45, 2.75) is 6.32 Å². The van der Waals surface area contributed by atoms with Crippen molar-refractivity contribution in [1.82, 2.24) is 4.98 Å². The number of nitrogens with zero attached hydrogens (tertiary/aromatic N) is 2. The molecule has 0 saturated heterocycles. The molecule has 13 heavy (non-hydrogen) atoms. The predicted molar refractivity (Wildman–Crippen MR) is 48.6 cm³/mol. The molecular formula is C7H7BN2O3. The molecule has 0 bridgehead atoms. The van der Waals surface area contributed by atoms with Gasteiger partial charge in [-0.2, -0.15) is 0 Å². The molecule has 0 N–H and O–H groups in total. The summed E-state index contributed by atoms with van der Waals surface area (Å²) in [4.78, 5) is 24.2. The van der Waals surface area contributed by atoms with E-state index in [2.05, 4.69) is 4.98 Å². The maximum atomic E-state index is 11.1. The number of hydrogen-bond acceptors (Lipinski definition) is 4. The van der Waals surface area contributed by atoms with Crippen LogP contribution in [0.4, 0.5) is 5.82 Å². The van der Waals surface area contributed by atoms with Gasteiger partial charge in [0.05, 0.1) is 5.56 Å². The second kappa shape index (κ2) is 3.80. The minimum Gasteiger partial charge on any atom is -0.358 e. The zero-order valence-electron chi connectivity index (χ0n) is 7.06. The molecule has 1 heterocycles. The van der Waals surface area contributed by atoms with Crippen LogP contribution in [0.1, 0.15) is 10.4 Å². The average molecular weight is 178 g/mol. The van der Waals surface area contributed by atoms with E-state index in [9.17, 15) is 14.9 Å². The van der Waals surface area contributed by atoms with Gasteiger partial charge >= 0.3 is 5.82 Å². The van der Waals surface area contributed by atoms with E-state index in [1.165, 1.54) is 18.3 Å². The quantitative estimate of drug-likeness (QED) is 0.287. The second-order valence-corrected chi connectivity index (χ2v) is 2.44. The van der Waals surface area contributed by atoms with Crippen molar-refractivity contribution in [3.63, 3.8) is 0 Å². The lowest BCUT2D eigenvalue weighted by atomic mass is 9.97. The molecule has 0 saturated carbocycles. The molecule has 0 spiro atoms. The molecule has 0 aromatic carbocycles. The molecule has 0 fully saturated rings. The summed E-state index contributed by atoms with van der Waals surface area (Å²) < 4.78 is 0.